The van der Waals surface area contributed by atoms with Gasteiger partial charge < -0.3 is 9.47 Å². The fourth-order valence-corrected chi connectivity index (χ4v) is 3.26. The van der Waals surface area contributed by atoms with Crippen LogP contribution in [0.2, 0.25) is 0 Å². The first-order valence-electron chi connectivity index (χ1n) is 6.40. The van der Waals surface area contributed by atoms with Gasteiger partial charge in [0.15, 0.2) is 0 Å². The summed E-state index contributed by atoms with van der Waals surface area (Å²) in [6.07, 6.45) is 3.10. The number of methoxy groups -OCH3 is 1. The molecule has 2 aliphatic rings. The highest BCUT2D eigenvalue weighted by Crippen LogP contribution is 2.59. The van der Waals surface area contributed by atoms with Crippen LogP contribution < -0.4 is 4.74 Å². The van der Waals surface area contributed by atoms with E-state index in [9.17, 15) is 5.26 Å². The predicted molar refractivity (Wildman–Crippen MR) is 67.4 cm³/mol. The highest BCUT2D eigenvalue weighted by molar-refractivity contribution is 5.45. The van der Waals surface area contributed by atoms with Gasteiger partial charge in [0.2, 0.25) is 0 Å². The van der Waals surface area contributed by atoms with Crippen molar-refractivity contribution in [1.82, 2.24) is 0 Å². The summed E-state index contributed by atoms with van der Waals surface area (Å²) in [5.41, 5.74) is 0.729. The average molecular weight is 243 g/mol. The smallest absolute Gasteiger partial charge is 0.122 e. The minimum absolute atomic E-state index is 0.160. The van der Waals surface area contributed by atoms with E-state index in [0.717, 1.165) is 30.6 Å². The minimum atomic E-state index is -0.250. The summed E-state index contributed by atoms with van der Waals surface area (Å²) in [6, 6.07) is 10.6. The van der Waals surface area contributed by atoms with Crippen molar-refractivity contribution < 1.29 is 9.47 Å². The number of para-hydroxylation sites is 1. The van der Waals surface area contributed by atoms with Crippen LogP contribution in [-0.2, 0) is 10.2 Å². The lowest BCUT2D eigenvalue weighted by atomic mass is 9.50. The van der Waals surface area contributed by atoms with E-state index >= 15 is 0 Å². The normalized spacial score (nSPS) is 23.3. The van der Waals surface area contributed by atoms with Crippen molar-refractivity contribution in [1.29, 1.82) is 5.26 Å². The van der Waals surface area contributed by atoms with E-state index in [-0.39, 0.29) is 10.8 Å². The van der Waals surface area contributed by atoms with Crippen molar-refractivity contribution in [3.63, 3.8) is 0 Å². The second-order valence-corrected chi connectivity index (χ2v) is 5.32. The summed E-state index contributed by atoms with van der Waals surface area (Å²) >= 11 is 0. The van der Waals surface area contributed by atoms with Crippen LogP contribution in [0.5, 0.6) is 5.75 Å². The number of nitrogens with zero attached hydrogens (tertiary/aromatic N) is 1. The van der Waals surface area contributed by atoms with Crippen LogP contribution in [0.4, 0.5) is 0 Å². The Morgan fingerprint density at radius 3 is 2.44 bits per heavy atom. The molecule has 94 valence electrons. The summed E-state index contributed by atoms with van der Waals surface area (Å²) in [6.45, 7) is 1.28. The summed E-state index contributed by atoms with van der Waals surface area (Å²) < 4.78 is 10.9. The summed E-state index contributed by atoms with van der Waals surface area (Å²) in [7, 11) is 1.69. The highest BCUT2D eigenvalue weighted by Gasteiger charge is 2.61. The van der Waals surface area contributed by atoms with Crippen molar-refractivity contribution in [3.8, 4) is 11.8 Å². The molecule has 0 amide bonds. The quantitative estimate of drug-likeness (QED) is 0.819. The van der Waals surface area contributed by atoms with Crippen LogP contribution in [0.25, 0.3) is 0 Å². The molecule has 0 spiro atoms. The standard InChI is InChI=1S/C15H17NO2/c1-17-13-6-3-2-5-12(13)15(10-18-11-15)14(9-16)7-4-8-14/h2-3,5-6H,4,7-8,10-11H2,1H3. The Labute approximate surface area is 107 Å². The lowest BCUT2D eigenvalue weighted by molar-refractivity contribution is -0.135. The molecule has 3 heteroatoms. The molecule has 2 fully saturated rings. The zero-order valence-corrected chi connectivity index (χ0v) is 10.6. The van der Waals surface area contributed by atoms with Crippen LogP contribution >= 0.6 is 0 Å². The van der Waals surface area contributed by atoms with Crippen molar-refractivity contribution in [3.05, 3.63) is 29.8 Å². The Balaban J connectivity index is 2.09. The molecule has 18 heavy (non-hydrogen) atoms. The average Bonchev–Trinajstić information content (AvgIpc) is 2.31. The van der Waals surface area contributed by atoms with E-state index in [4.69, 9.17) is 9.47 Å². The Kier molecular flexibility index (Phi) is 2.57. The number of hydrogen-bond donors (Lipinski definition) is 0. The van der Waals surface area contributed by atoms with Gasteiger partial charge in [0.25, 0.3) is 0 Å². The molecule has 1 aliphatic carbocycles. The zero-order chi connectivity index (χ0) is 12.6. The second-order valence-electron chi connectivity index (χ2n) is 5.32. The van der Waals surface area contributed by atoms with Gasteiger partial charge in [0.1, 0.15) is 5.75 Å². The maximum absolute atomic E-state index is 9.62. The van der Waals surface area contributed by atoms with Gasteiger partial charge in [-0.3, -0.25) is 0 Å². The SMILES string of the molecule is COc1ccccc1C1(C2(C#N)CCC2)COC1. The maximum atomic E-state index is 9.62. The van der Waals surface area contributed by atoms with Gasteiger partial charge in [0.05, 0.1) is 37.2 Å². The molecule has 0 N–H and O–H groups in total. The van der Waals surface area contributed by atoms with E-state index in [1.807, 2.05) is 18.2 Å². The third-order valence-electron chi connectivity index (χ3n) is 4.66. The molecular weight excluding hydrogens is 226 g/mol. The molecule has 0 radical (unpaired) electrons. The monoisotopic (exact) mass is 243 g/mol. The van der Waals surface area contributed by atoms with E-state index in [1.165, 1.54) is 0 Å². The van der Waals surface area contributed by atoms with Gasteiger partial charge in [-0.1, -0.05) is 24.6 Å². The molecule has 1 heterocycles. The van der Waals surface area contributed by atoms with Crippen LogP contribution in [0.3, 0.4) is 0 Å². The van der Waals surface area contributed by atoms with Gasteiger partial charge in [-0.25, -0.2) is 0 Å². The van der Waals surface area contributed by atoms with Crippen molar-refractivity contribution >= 4 is 0 Å². The zero-order valence-electron chi connectivity index (χ0n) is 10.6. The third kappa shape index (κ3) is 1.27. The highest BCUT2D eigenvalue weighted by atomic mass is 16.5. The molecule has 1 saturated heterocycles. The van der Waals surface area contributed by atoms with Crippen molar-refractivity contribution in [2.24, 2.45) is 5.41 Å². The Bertz CT molecular complexity index is 495. The predicted octanol–water partition coefficient (Wildman–Crippen LogP) is 2.66. The van der Waals surface area contributed by atoms with Crippen LogP contribution in [-0.4, -0.2) is 20.3 Å². The molecule has 0 atom stereocenters. The van der Waals surface area contributed by atoms with Gasteiger partial charge in [0, 0.05) is 5.56 Å². The minimum Gasteiger partial charge on any atom is -0.496 e. The van der Waals surface area contributed by atoms with E-state index < -0.39 is 0 Å². The topological polar surface area (TPSA) is 42.2 Å². The molecule has 3 rings (SSSR count). The fraction of sp³-hybridized carbons (Fsp3) is 0.533. The van der Waals surface area contributed by atoms with Gasteiger partial charge in [-0.15, -0.1) is 0 Å². The van der Waals surface area contributed by atoms with Crippen molar-refractivity contribution in [2.75, 3.05) is 20.3 Å². The lowest BCUT2D eigenvalue weighted by Gasteiger charge is -2.56. The number of nitriles is 1. The lowest BCUT2D eigenvalue weighted by Crippen LogP contribution is -2.61. The van der Waals surface area contributed by atoms with Crippen LogP contribution in [0, 0.1) is 16.7 Å². The van der Waals surface area contributed by atoms with Crippen LogP contribution in [0.1, 0.15) is 24.8 Å². The first-order valence-corrected chi connectivity index (χ1v) is 6.40. The van der Waals surface area contributed by atoms with E-state index in [0.29, 0.717) is 13.2 Å². The Morgan fingerprint density at radius 2 is 2.00 bits per heavy atom. The molecule has 0 aromatic heterocycles. The fourth-order valence-electron chi connectivity index (χ4n) is 3.26. The maximum Gasteiger partial charge on any atom is 0.122 e. The number of benzene rings is 1. The molecule has 3 nitrogen and oxygen atoms in total. The number of ether oxygens (including phenoxy) is 2. The van der Waals surface area contributed by atoms with Gasteiger partial charge in [-0.05, 0) is 18.9 Å². The third-order valence-corrected chi connectivity index (χ3v) is 4.66. The molecule has 0 unspecified atom stereocenters. The first-order chi connectivity index (χ1) is 8.78. The summed E-state index contributed by atoms with van der Waals surface area (Å²) in [5, 5.41) is 9.62. The molecule has 1 aliphatic heterocycles. The summed E-state index contributed by atoms with van der Waals surface area (Å²) in [4.78, 5) is 0. The van der Waals surface area contributed by atoms with E-state index in [2.05, 4.69) is 12.1 Å². The van der Waals surface area contributed by atoms with Crippen molar-refractivity contribution in [2.45, 2.75) is 24.7 Å². The van der Waals surface area contributed by atoms with Gasteiger partial charge >= 0.3 is 0 Å². The largest absolute Gasteiger partial charge is 0.496 e. The molecule has 1 aromatic rings. The Hall–Kier alpha value is -1.53. The molecule has 0 bridgehead atoms. The Morgan fingerprint density at radius 1 is 1.28 bits per heavy atom. The van der Waals surface area contributed by atoms with Crippen LogP contribution in [0.15, 0.2) is 24.3 Å². The molecular formula is C15H17NO2. The first kappa shape index (κ1) is 11.6. The summed E-state index contributed by atoms with van der Waals surface area (Å²) in [5.74, 6) is 0.877. The number of hydrogen-bond acceptors (Lipinski definition) is 3. The second kappa shape index (κ2) is 4.00. The van der Waals surface area contributed by atoms with E-state index in [1.54, 1.807) is 7.11 Å². The molecule has 1 saturated carbocycles. The molecule has 1 aromatic carbocycles. The van der Waals surface area contributed by atoms with Gasteiger partial charge in [-0.2, -0.15) is 5.26 Å². The number of rotatable bonds is 3.